The van der Waals surface area contributed by atoms with Gasteiger partial charge in [-0.1, -0.05) is 60.2 Å². The average molecular weight is 476 g/mol. The van der Waals surface area contributed by atoms with Crippen LogP contribution in [0.5, 0.6) is 0 Å². The first-order valence-electron chi connectivity index (χ1n) is 11.0. The molecule has 180 valence electrons. The van der Waals surface area contributed by atoms with Crippen molar-refractivity contribution in [1.82, 2.24) is 30.8 Å². The van der Waals surface area contributed by atoms with E-state index in [1.165, 1.54) is 0 Å². The van der Waals surface area contributed by atoms with Gasteiger partial charge in [0.2, 0.25) is 5.82 Å². The average Bonchev–Trinajstić information content (AvgIpc) is 3.31. The van der Waals surface area contributed by atoms with Gasteiger partial charge < -0.3 is 20.1 Å². The van der Waals surface area contributed by atoms with Gasteiger partial charge in [-0.2, -0.15) is 4.80 Å². The third-order valence-corrected chi connectivity index (χ3v) is 5.19. The summed E-state index contributed by atoms with van der Waals surface area (Å²) in [5, 5.41) is 17.3. The predicted octanol–water partition coefficient (Wildman–Crippen LogP) is 2.06. The molecule has 1 atom stereocenters. The minimum Gasteiger partial charge on any atom is -0.463 e. The summed E-state index contributed by atoms with van der Waals surface area (Å²) < 4.78 is 10.5. The Hall–Kier alpha value is -4.54. The van der Waals surface area contributed by atoms with E-state index in [1.54, 1.807) is 31.2 Å². The minimum atomic E-state index is -0.758. The monoisotopic (exact) mass is 476 g/mol. The highest BCUT2D eigenvalue weighted by atomic mass is 16.5. The zero-order valence-corrected chi connectivity index (χ0v) is 19.2. The quantitative estimate of drug-likeness (QED) is 0.472. The highest BCUT2D eigenvalue weighted by Gasteiger charge is 2.34. The third-order valence-electron chi connectivity index (χ3n) is 5.19. The van der Waals surface area contributed by atoms with E-state index in [0.717, 1.165) is 15.9 Å². The molecule has 1 aliphatic rings. The molecule has 2 amide bonds. The molecule has 0 saturated heterocycles. The fourth-order valence-electron chi connectivity index (χ4n) is 3.52. The standard InChI is InChI=1S/C24H24N6O5/c1-3-34-23(32)20-18(25-24(33)26-21(20)16-7-5-4-6-8-16)14-35-19(31)13-30-28-22(27-29-30)17-11-9-15(2)10-12-17/h4-12,21H,3,13-14H2,1-2H3,(H2,25,26,33)/t21-/m0/s1. The van der Waals surface area contributed by atoms with Crippen molar-refractivity contribution in [1.29, 1.82) is 0 Å². The lowest BCUT2D eigenvalue weighted by atomic mass is 9.95. The second-order valence-electron chi connectivity index (χ2n) is 7.73. The molecule has 2 N–H and O–H groups in total. The summed E-state index contributed by atoms with van der Waals surface area (Å²) in [6, 6.07) is 15.3. The Kier molecular flexibility index (Phi) is 7.15. The Labute approximate surface area is 201 Å². The van der Waals surface area contributed by atoms with Gasteiger partial charge in [0.15, 0.2) is 6.54 Å². The van der Waals surface area contributed by atoms with Crippen LogP contribution in [0.15, 0.2) is 65.9 Å². The van der Waals surface area contributed by atoms with E-state index in [1.807, 2.05) is 37.3 Å². The molecule has 0 unspecified atom stereocenters. The number of amides is 2. The molecule has 1 aromatic heterocycles. The molecule has 0 bridgehead atoms. The van der Waals surface area contributed by atoms with E-state index >= 15 is 0 Å². The summed E-state index contributed by atoms with van der Waals surface area (Å²) in [5.41, 5.74) is 2.85. The molecule has 2 heterocycles. The number of hydrogen-bond acceptors (Lipinski definition) is 8. The number of aryl methyl sites for hydroxylation is 1. The first-order chi connectivity index (χ1) is 16.9. The van der Waals surface area contributed by atoms with Crippen molar-refractivity contribution in [3.63, 3.8) is 0 Å². The highest BCUT2D eigenvalue weighted by Crippen LogP contribution is 2.27. The van der Waals surface area contributed by atoms with Crippen molar-refractivity contribution in [2.45, 2.75) is 26.4 Å². The maximum absolute atomic E-state index is 12.7. The van der Waals surface area contributed by atoms with Gasteiger partial charge in [-0.3, -0.25) is 0 Å². The lowest BCUT2D eigenvalue weighted by Gasteiger charge is -2.29. The van der Waals surface area contributed by atoms with Crippen LogP contribution in [-0.4, -0.2) is 51.4 Å². The zero-order valence-electron chi connectivity index (χ0n) is 19.2. The molecule has 35 heavy (non-hydrogen) atoms. The summed E-state index contributed by atoms with van der Waals surface area (Å²) in [7, 11) is 0. The van der Waals surface area contributed by atoms with Crippen LogP contribution >= 0.6 is 0 Å². The van der Waals surface area contributed by atoms with Crippen LogP contribution in [-0.2, 0) is 25.6 Å². The fraction of sp³-hybridized carbons (Fsp3) is 0.250. The van der Waals surface area contributed by atoms with Gasteiger partial charge in [-0.15, -0.1) is 10.2 Å². The van der Waals surface area contributed by atoms with Gasteiger partial charge in [0, 0.05) is 5.56 Å². The van der Waals surface area contributed by atoms with Gasteiger partial charge in [0.05, 0.1) is 23.9 Å². The molecule has 2 aromatic carbocycles. The van der Waals surface area contributed by atoms with Crippen molar-refractivity contribution in [3.8, 4) is 11.4 Å². The summed E-state index contributed by atoms with van der Waals surface area (Å²) in [6.07, 6.45) is 0. The number of aromatic nitrogens is 4. The second-order valence-corrected chi connectivity index (χ2v) is 7.73. The number of esters is 2. The fourth-order valence-corrected chi connectivity index (χ4v) is 3.52. The maximum Gasteiger partial charge on any atom is 0.338 e. The number of nitrogens with one attached hydrogen (secondary N) is 2. The van der Waals surface area contributed by atoms with Crippen LogP contribution < -0.4 is 10.6 Å². The predicted molar refractivity (Wildman–Crippen MR) is 123 cm³/mol. The number of benzene rings is 2. The second kappa shape index (κ2) is 10.6. The molecule has 0 aliphatic carbocycles. The van der Waals surface area contributed by atoms with Gasteiger partial charge in [-0.05, 0) is 24.6 Å². The van der Waals surface area contributed by atoms with Gasteiger partial charge >= 0.3 is 18.0 Å². The largest absolute Gasteiger partial charge is 0.463 e. The molecule has 11 heteroatoms. The summed E-state index contributed by atoms with van der Waals surface area (Å²) >= 11 is 0. The molecule has 0 spiro atoms. The molecule has 1 aliphatic heterocycles. The first kappa shape index (κ1) is 23.6. The van der Waals surface area contributed by atoms with Crippen LogP contribution in [0.25, 0.3) is 11.4 Å². The Bertz CT molecular complexity index is 1250. The summed E-state index contributed by atoms with van der Waals surface area (Å²) in [6.45, 7) is 3.16. The molecule has 0 radical (unpaired) electrons. The topological polar surface area (TPSA) is 137 Å². The van der Waals surface area contributed by atoms with E-state index in [4.69, 9.17) is 9.47 Å². The number of ether oxygens (including phenoxy) is 2. The number of rotatable bonds is 8. The van der Waals surface area contributed by atoms with Gasteiger partial charge in [0.25, 0.3) is 0 Å². The van der Waals surface area contributed by atoms with Crippen molar-refractivity contribution in [3.05, 3.63) is 77.0 Å². The number of tetrazole rings is 1. The number of urea groups is 1. The Morgan fingerprint density at radius 1 is 1.06 bits per heavy atom. The lowest BCUT2D eigenvalue weighted by molar-refractivity contribution is -0.144. The highest BCUT2D eigenvalue weighted by molar-refractivity contribution is 5.95. The maximum atomic E-state index is 12.7. The first-order valence-corrected chi connectivity index (χ1v) is 11.0. The normalized spacial score (nSPS) is 15.3. The SMILES string of the molecule is CCOC(=O)C1=C(COC(=O)Cn2nnc(-c3ccc(C)cc3)n2)NC(=O)N[C@H]1c1ccccc1. The van der Waals surface area contributed by atoms with Crippen molar-refractivity contribution in [2.24, 2.45) is 0 Å². The molecule has 4 rings (SSSR count). The molecular formula is C24H24N6O5. The van der Waals surface area contributed by atoms with Crippen molar-refractivity contribution >= 4 is 18.0 Å². The van der Waals surface area contributed by atoms with E-state index in [2.05, 4.69) is 26.0 Å². The minimum absolute atomic E-state index is 0.140. The Balaban J connectivity index is 1.49. The van der Waals surface area contributed by atoms with Crippen LogP contribution in [0.4, 0.5) is 4.79 Å². The van der Waals surface area contributed by atoms with Crippen molar-refractivity contribution in [2.75, 3.05) is 13.2 Å². The Morgan fingerprint density at radius 3 is 2.51 bits per heavy atom. The Morgan fingerprint density at radius 2 is 1.80 bits per heavy atom. The third kappa shape index (κ3) is 5.69. The van der Waals surface area contributed by atoms with Crippen LogP contribution in [0.3, 0.4) is 0 Å². The number of carbonyl (C=O) groups is 3. The van der Waals surface area contributed by atoms with Crippen LogP contribution in [0.1, 0.15) is 24.1 Å². The van der Waals surface area contributed by atoms with Crippen LogP contribution in [0.2, 0.25) is 0 Å². The zero-order chi connectivity index (χ0) is 24.8. The van der Waals surface area contributed by atoms with Gasteiger partial charge in [-0.25, -0.2) is 14.4 Å². The van der Waals surface area contributed by atoms with Crippen molar-refractivity contribution < 1.29 is 23.9 Å². The number of carbonyl (C=O) groups excluding carboxylic acids is 3. The lowest BCUT2D eigenvalue weighted by Crippen LogP contribution is -2.47. The smallest absolute Gasteiger partial charge is 0.338 e. The van der Waals surface area contributed by atoms with E-state index in [-0.39, 0.29) is 31.0 Å². The molecule has 11 nitrogen and oxygen atoms in total. The van der Waals surface area contributed by atoms with E-state index < -0.39 is 24.0 Å². The summed E-state index contributed by atoms with van der Waals surface area (Å²) in [4.78, 5) is 38.6. The van der Waals surface area contributed by atoms with E-state index in [0.29, 0.717) is 11.4 Å². The number of hydrogen-bond donors (Lipinski definition) is 2. The molecular weight excluding hydrogens is 452 g/mol. The van der Waals surface area contributed by atoms with E-state index in [9.17, 15) is 14.4 Å². The molecule has 0 saturated carbocycles. The molecule has 0 fully saturated rings. The van der Waals surface area contributed by atoms with Crippen LogP contribution in [0, 0.1) is 6.92 Å². The molecule has 3 aromatic rings. The number of nitrogens with zero attached hydrogens (tertiary/aromatic N) is 4. The van der Waals surface area contributed by atoms with Gasteiger partial charge in [0.1, 0.15) is 6.61 Å². The summed E-state index contributed by atoms with van der Waals surface area (Å²) in [5.74, 6) is -0.917.